The van der Waals surface area contributed by atoms with Gasteiger partial charge in [0, 0.05) is 24.3 Å². The number of amides is 1. The molecule has 34 heavy (non-hydrogen) atoms. The number of methoxy groups -OCH3 is 2. The van der Waals surface area contributed by atoms with E-state index in [9.17, 15) is 4.79 Å². The van der Waals surface area contributed by atoms with Crippen molar-refractivity contribution < 1.29 is 19.0 Å². The van der Waals surface area contributed by atoms with Gasteiger partial charge in [0.15, 0.2) is 5.69 Å². The fraction of sp³-hybridized carbons (Fsp3) is 0.360. The van der Waals surface area contributed by atoms with Crippen molar-refractivity contribution in [3.63, 3.8) is 0 Å². The molecule has 0 aliphatic carbocycles. The number of thioether (sulfide) groups is 1. The van der Waals surface area contributed by atoms with Crippen molar-refractivity contribution in [3.05, 3.63) is 48.0 Å². The van der Waals surface area contributed by atoms with E-state index in [4.69, 9.17) is 19.2 Å². The number of benzene rings is 2. The summed E-state index contributed by atoms with van der Waals surface area (Å²) in [7, 11) is 3.16. The van der Waals surface area contributed by atoms with Crippen LogP contribution in [0.1, 0.15) is 44.9 Å². The molecule has 2 aromatic carbocycles. The number of fused-ring (bicyclic) bond motifs is 3. The zero-order valence-corrected chi connectivity index (χ0v) is 20.6. The largest absolute Gasteiger partial charge is 0.497 e. The lowest BCUT2D eigenvalue weighted by molar-refractivity contribution is -0.118. The van der Waals surface area contributed by atoms with Crippen molar-refractivity contribution in [3.8, 4) is 28.6 Å². The molecule has 0 bridgehead atoms. The lowest BCUT2D eigenvalue weighted by Crippen LogP contribution is -2.36. The molecule has 1 aliphatic heterocycles. The monoisotopic (exact) mass is 480 g/mol. The first-order valence-electron chi connectivity index (χ1n) is 11.2. The molecule has 0 saturated carbocycles. The zero-order chi connectivity index (χ0) is 24.1. The van der Waals surface area contributed by atoms with Crippen LogP contribution in [0.2, 0.25) is 0 Å². The molecule has 0 N–H and O–H groups in total. The van der Waals surface area contributed by atoms with Gasteiger partial charge < -0.3 is 14.2 Å². The average molecular weight is 481 g/mol. The smallest absolute Gasteiger partial charge is 0.247 e. The van der Waals surface area contributed by atoms with E-state index in [-0.39, 0.29) is 5.91 Å². The zero-order valence-electron chi connectivity index (χ0n) is 19.8. The number of hydrogen-bond donors (Lipinski definition) is 0. The summed E-state index contributed by atoms with van der Waals surface area (Å²) in [5, 5.41) is 9.34. The Bertz CT molecular complexity index is 1170. The highest BCUT2D eigenvalue weighted by Crippen LogP contribution is 2.45. The first kappa shape index (κ1) is 23.8. The number of aromatic nitrogens is 3. The van der Waals surface area contributed by atoms with E-state index < -0.39 is 6.23 Å². The number of para-hydroxylation sites is 1. The fourth-order valence-corrected chi connectivity index (χ4v) is 4.63. The molecule has 2 heterocycles. The van der Waals surface area contributed by atoms with Crippen LogP contribution >= 0.6 is 11.8 Å². The minimum Gasteiger partial charge on any atom is -0.497 e. The van der Waals surface area contributed by atoms with Gasteiger partial charge in [-0.15, -0.1) is 10.2 Å². The Kier molecular flexibility index (Phi) is 7.52. The van der Waals surface area contributed by atoms with Crippen molar-refractivity contribution in [2.45, 2.75) is 44.5 Å². The number of unbranched alkanes of at least 4 members (excludes halogenated alkanes) is 2. The minimum atomic E-state index is -0.824. The van der Waals surface area contributed by atoms with E-state index >= 15 is 0 Å². The maximum absolute atomic E-state index is 13.0. The Morgan fingerprint density at radius 1 is 1.12 bits per heavy atom. The molecule has 1 amide bonds. The quantitative estimate of drug-likeness (QED) is 0.318. The average Bonchev–Trinajstić information content (AvgIpc) is 3.00. The molecule has 3 aromatic rings. The van der Waals surface area contributed by atoms with Gasteiger partial charge in [-0.3, -0.25) is 9.69 Å². The number of carbonyl (C=O) groups is 1. The first-order valence-corrected chi connectivity index (χ1v) is 12.2. The van der Waals surface area contributed by atoms with Crippen molar-refractivity contribution >= 4 is 23.4 Å². The van der Waals surface area contributed by atoms with E-state index in [0.29, 0.717) is 39.5 Å². The molecule has 178 valence electrons. The molecule has 1 atom stereocenters. The third-order valence-electron chi connectivity index (χ3n) is 5.54. The molecule has 1 unspecified atom stereocenters. The second-order valence-corrected chi connectivity index (χ2v) is 8.85. The van der Waals surface area contributed by atoms with Gasteiger partial charge in [0.05, 0.1) is 25.5 Å². The standard InChI is InChI=1S/C25H28N4O4S/c1-5-6-9-14-34-25-26-23-22(27-28-25)18-10-7-8-11-20(18)29(16(2)30)24(33-23)19-13-12-17(31-3)15-21(19)32-4/h7-8,10-13,15,24H,5-6,9,14H2,1-4H3. The fourth-order valence-electron chi connectivity index (χ4n) is 3.85. The highest BCUT2D eigenvalue weighted by atomic mass is 32.2. The molecule has 1 aromatic heterocycles. The SMILES string of the molecule is CCCCCSc1nnc2c(n1)OC(c1ccc(OC)cc1OC)N(C(C)=O)c1ccccc1-2. The molecule has 9 heteroatoms. The third-order valence-corrected chi connectivity index (χ3v) is 6.46. The lowest BCUT2D eigenvalue weighted by atomic mass is 10.1. The van der Waals surface area contributed by atoms with Crippen LogP contribution in [0.15, 0.2) is 47.6 Å². The summed E-state index contributed by atoms with van der Waals surface area (Å²) in [5.74, 6) is 2.21. The number of anilines is 1. The number of carbonyl (C=O) groups excluding carboxylic acids is 1. The van der Waals surface area contributed by atoms with Crippen molar-refractivity contribution in [2.24, 2.45) is 0 Å². The van der Waals surface area contributed by atoms with Crippen LogP contribution in [0.3, 0.4) is 0 Å². The second kappa shape index (κ2) is 10.7. The predicted octanol–water partition coefficient (Wildman–Crippen LogP) is 5.28. The molecule has 4 rings (SSSR count). The normalized spacial score (nSPS) is 14.5. The Morgan fingerprint density at radius 3 is 2.68 bits per heavy atom. The van der Waals surface area contributed by atoms with Crippen LogP contribution in [-0.2, 0) is 4.79 Å². The maximum Gasteiger partial charge on any atom is 0.247 e. The molecule has 8 nitrogen and oxygen atoms in total. The molecular formula is C25H28N4O4S. The number of nitrogens with zero attached hydrogens (tertiary/aromatic N) is 4. The van der Waals surface area contributed by atoms with Crippen LogP contribution in [0.25, 0.3) is 11.3 Å². The first-order chi connectivity index (χ1) is 16.6. The van der Waals surface area contributed by atoms with E-state index in [1.165, 1.54) is 6.92 Å². The van der Waals surface area contributed by atoms with E-state index in [2.05, 4.69) is 17.1 Å². The van der Waals surface area contributed by atoms with Crippen molar-refractivity contribution in [1.29, 1.82) is 0 Å². The van der Waals surface area contributed by atoms with Crippen LogP contribution in [0.5, 0.6) is 17.4 Å². The molecular weight excluding hydrogens is 452 g/mol. The van der Waals surface area contributed by atoms with Crippen molar-refractivity contribution in [2.75, 3.05) is 24.9 Å². The summed E-state index contributed by atoms with van der Waals surface area (Å²) in [6.45, 7) is 3.68. The Morgan fingerprint density at radius 2 is 1.94 bits per heavy atom. The van der Waals surface area contributed by atoms with Crippen molar-refractivity contribution in [1.82, 2.24) is 15.2 Å². The number of ether oxygens (including phenoxy) is 3. The Balaban J connectivity index is 1.83. The van der Waals surface area contributed by atoms with Crippen LogP contribution in [0.4, 0.5) is 5.69 Å². The molecule has 0 spiro atoms. The summed E-state index contributed by atoms with van der Waals surface area (Å²) in [6.07, 6.45) is 2.56. The van der Waals surface area contributed by atoms with Crippen LogP contribution in [-0.4, -0.2) is 41.1 Å². The Labute approximate surface area is 203 Å². The summed E-state index contributed by atoms with van der Waals surface area (Å²) in [4.78, 5) is 19.2. The molecule has 1 aliphatic rings. The van der Waals surface area contributed by atoms with Crippen LogP contribution in [0, 0.1) is 0 Å². The van der Waals surface area contributed by atoms with E-state index in [1.807, 2.05) is 36.4 Å². The topological polar surface area (TPSA) is 86.7 Å². The minimum absolute atomic E-state index is 0.190. The van der Waals surface area contributed by atoms with Gasteiger partial charge in [0.1, 0.15) is 11.5 Å². The number of hydrogen-bond acceptors (Lipinski definition) is 8. The lowest BCUT2D eigenvalue weighted by Gasteiger charge is -2.30. The summed E-state index contributed by atoms with van der Waals surface area (Å²) >= 11 is 1.55. The van der Waals surface area contributed by atoms with Gasteiger partial charge in [0.25, 0.3) is 0 Å². The predicted molar refractivity (Wildman–Crippen MR) is 132 cm³/mol. The third kappa shape index (κ3) is 4.79. The highest BCUT2D eigenvalue weighted by Gasteiger charge is 2.36. The summed E-state index contributed by atoms with van der Waals surface area (Å²) in [6, 6.07) is 12.9. The van der Waals surface area contributed by atoms with Gasteiger partial charge in [-0.05, 0) is 24.6 Å². The van der Waals surface area contributed by atoms with Gasteiger partial charge in [0.2, 0.25) is 23.2 Å². The van der Waals surface area contributed by atoms with E-state index in [1.54, 1.807) is 36.9 Å². The van der Waals surface area contributed by atoms with Gasteiger partial charge in [-0.2, -0.15) is 4.98 Å². The molecule has 0 fully saturated rings. The van der Waals surface area contributed by atoms with Gasteiger partial charge >= 0.3 is 0 Å². The molecule has 0 saturated heterocycles. The second-order valence-electron chi connectivity index (χ2n) is 7.79. The Hall–Kier alpha value is -3.33. The highest BCUT2D eigenvalue weighted by molar-refractivity contribution is 7.99. The summed E-state index contributed by atoms with van der Waals surface area (Å²) in [5.41, 5.74) is 2.55. The van der Waals surface area contributed by atoms with Crippen LogP contribution < -0.4 is 19.1 Å². The molecule has 0 radical (unpaired) electrons. The maximum atomic E-state index is 13.0. The van der Waals surface area contributed by atoms with Gasteiger partial charge in [-0.25, -0.2) is 0 Å². The van der Waals surface area contributed by atoms with E-state index in [0.717, 1.165) is 30.6 Å². The number of rotatable bonds is 8. The van der Waals surface area contributed by atoms with Gasteiger partial charge in [-0.1, -0.05) is 49.7 Å². The summed E-state index contributed by atoms with van der Waals surface area (Å²) < 4.78 is 17.4.